The Bertz CT molecular complexity index is 1000. The molecule has 0 spiro atoms. The van der Waals surface area contributed by atoms with Gasteiger partial charge < -0.3 is 5.32 Å². The zero-order chi connectivity index (χ0) is 19.9. The summed E-state index contributed by atoms with van der Waals surface area (Å²) in [7, 11) is 0. The number of nitrogens with one attached hydrogen (secondary N) is 2. The molecule has 0 unspecified atom stereocenters. The minimum Gasteiger partial charge on any atom is -0.342 e. The van der Waals surface area contributed by atoms with Crippen LogP contribution in [0.5, 0.6) is 0 Å². The fourth-order valence-corrected chi connectivity index (χ4v) is 2.68. The number of hydrogen-bond donors (Lipinski definition) is 2. The number of aromatic nitrogens is 3. The Morgan fingerprint density at radius 1 is 1.18 bits per heavy atom. The van der Waals surface area contributed by atoms with Crippen molar-refractivity contribution in [2.75, 3.05) is 6.54 Å². The molecule has 142 valence electrons. The van der Waals surface area contributed by atoms with Crippen molar-refractivity contribution in [3.8, 4) is 5.69 Å². The summed E-state index contributed by atoms with van der Waals surface area (Å²) in [6.07, 6.45) is 2.92. The van der Waals surface area contributed by atoms with Gasteiger partial charge in [-0.3, -0.25) is 14.6 Å². The monoisotopic (exact) mass is 396 g/mol. The van der Waals surface area contributed by atoms with E-state index in [0.717, 1.165) is 5.69 Å². The number of para-hydroxylation sites is 1. The van der Waals surface area contributed by atoms with Gasteiger partial charge in [-0.05, 0) is 31.2 Å². The van der Waals surface area contributed by atoms with Gasteiger partial charge in [-0.2, -0.15) is 10.2 Å². The number of nitrogens with zero attached hydrogens (tertiary/aromatic N) is 4. The summed E-state index contributed by atoms with van der Waals surface area (Å²) >= 11 is 6.38. The summed E-state index contributed by atoms with van der Waals surface area (Å²) in [5, 5.41) is 11.1. The maximum absolute atomic E-state index is 11.9. The Labute approximate surface area is 166 Å². The molecule has 2 amide bonds. The second-order valence-electron chi connectivity index (χ2n) is 5.73. The lowest BCUT2D eigenvalue weighted by Crippen LogP contribution is -2.35. The number of benzene rings is 1. The number of aryl methyl sites for hydroxylation is 1. The predicted octanol–water partition coefficient (Wildman–Crippen LogP) is 2.11. The molecule has 8 nitrogen and oxygen atoms in total. The maximum Gasteiger partial charge on any atom is 0.270 e. The van der Waals surface area contributed by atoms with Crippen LogP contribution in [-0.4, -0.2) is 39.3 Å². The van der Waals surface area contributed by atoms with E-state index >= 15 is 0 Å². The molecule has 28 heavy (non-hydrogen) atoms. The van der Waals surface area contributed by atoms with Gasteiger partial charge in [-0.25, -0.2) is 10.1 Å². The summed E-state index contributed by atoms with van der Waals surface area (Å²) < 4.78 is 1.59. The van der Waals surface area contributed by atoms with Crippen LogP contribution in [0.15, 0.2) is 59.8 Å². The van der Waals surface area contributed by atoms with E-state index in [1.165, 1.54) is 12.4 Å². The van der Waals surface area contributed by atoms with Crippen molar-refractivity contribution in [1.82, 2.24) is 25.5 Å². The van der Waals surface area contributed by atoms with E-state index in [1.54, 1.807) is 29.8 Å². The quantitative estimate of drug-likeness (QED) is 0.492. The number of hydrazone groups is 1. The van der Waals surface area contributed by atoms with Crippen LogP contribution in [0.4, 0.5) is 0 Å². The van der Waals surface area contributed by atoms with Gasteiger partial charge in [0.05, 0.1) is 29.7 Å². The zero-order valence-corrected chi connectivity index (χ0v) is 15.7. The molecule has 0 aliphatic carbocycles. The smallest absolute Gasteiger partial charge is 0.270 e. The van der Waals surface area contributed by atoms with Crippen LogP contribution < -0.4 is 10.7 Å². The van der Waals surface area contributed by atoms with Crippen molar-refractivity contribution in [3.05, 3.63) is 76.8 Å². The number of amides is 2. The highest BCUT2D eigenvalue weighted by Gasteiger charge is 2.13. The zero-order valence-electron chi connectivity index (χ0n) is 15.0. The number of pyridine rings is 1. The summed E-state index contributed by atoms with van der Waals surface area (Å²) in [6, 6.07) is 14.4. The molecule has 0 aliphatic heterocycles. The fraction of sp³-hybridized carbons (Fsp3) is 0.105. The molecule has 3 rings (SSSR count). The summed E-state index contributed by atoms with van der Waals surface area (Å²) in [5.41, 5.74) is 4.64. The third-order valence-electron chi connectivity index (χ3n) is 3.74. The van der Waals surface area contributed by atoms with Crippen LogP contribution in [0.25, 0.3) is 5.69 Å². The molecule has 1 aromatic carbocycles. The molecule has 0 saturated carbocycles. The Balaban J connectivity index is 1.58. The predicted molar refractivity (Wildman–Crippen MR) is 106 cm³/mol. The SMILES string of the molecule is Cc1nn(-c2ccccc2)c(Cl)c1C=NNC(=O)CNC(=O)c1ccccn1. The Kier molecular flexibility index (Phi) is 6.13. The molecule has 9 heteroatoms. The van der Waals surface area contributed by atoms with Gasteiger partial charge in [0.1, 0.15) is 10.8 Å². The van der Waals surface area contributed by atoms with Crippen LogP contribution in [-0.2, 0) is 4.79 Å². The lowest BCUT2D eigenvalue weighted by Gasteiger charge is -2.03. The van der Waals surface area contributed by atoms with E-state index in [-0.39, 0.29) is 12.2 Å². The van der Waals surface area contributed by atoms with E-state index in [4.69, 9.17) is 11.6 Å². The molecule has 0 fully saturated rings. The lowest BCUT2D eigenvalue weighted by atomic mass is 10.3. The topological polar surface area (TPSA) is 101 Å². The van der Waals surface area contributed by atoms with Gasteiger partial charge in [0, 0.05) is 6.20 Å². The van der Waals surface area contributed by atoms with Crippen LogP contribution in [0.1, 0.15) is 21.7 Å². The first kappa shape index (κ1) is 19.2. The van der Waals surface area contributed by atoms with Gasteiger partial charge in [-0.1, -0.05) is 35.9 Å². The molecule has 2 heterocycles. The Hall–Kier alpha value is -3.52. The van der Waals surface area contributed by atoms with Crippen molar-refractivity contribution in [2.45, 2.75) is 6.92 Å². The Morgan fingerprint density at radius 2 is 1.93 bits per heavy atom. The Morgan fingerprint density at radius 3 is 2.64 bits per heavy atom. The van der Waals surface area contributed by atoms with E-state index in [2.05, 4.69) is 25.9 Å². The average Bonchev–Trinajstić information content (AvgIpc) is 3.01. The van der Waals surface area contributed by atoms with Crippen molar-refractivity contribution in [1.29, 1.82) is 0 Å². The molecular formula is C19H17ClN6O2. The largest absolute Gasteiger partial charge is 0.342 e. The van der Waals surface area contributed by atoms with Gasteiger partial charge >= 0.3 is 0 Å². The minimum atomic E-state index is -0.482. The number of halogens is 1. The van der Waals surface area contributed by atoms with E-state index < -0.39 is 11.8 Å². The highest BCUT2D eigenvalue weighted by atomic mass is 35.5. The molecule has 0 saturated heterocycles. The van der Waals surface area contributed by atoms with E-state index in [9.17, 15) is 9.59 Å². The van der Waals surface area contributed by atoms with Gasteiger partial charge in [0.15, 0.2) is 0 Å². The number of carbonyl (C=O) groups excluding carboxylic acids is 2. The molecule has 3 aromatic rings. The van der Waals surface area contributed by atoms with Crippen LogP contribution in [0.2, 0.25) is 5.15 Å². The van der Waals surface area contributed by atoms with Crippen molar-refractivity contribution in [2.24, 2.45) is 5.10 Å². The van der Waals surface area contributed by atoms with Crippen LogP contribution >= 0.6 is 11.6 Å². The number of rotatable bonds is 6. The summed E-state index contributed by atoms with van der Waals surface area (Å²) in [6.45, 7) is 1.56. The lowest BCUT2D eigenvalue weighted by molar-refractivity contribution is -0.120. The highest BCUT2D eigenvalue weighted by Crippen LogP contribution is 2.21. The summed E-state index contributed by atoms with van der Waals surface area (Å²) in [5.74, 6) is -0.924. The second kappa shape index (κ2) is 8.92. The first-order chi connectivity index (χ1) is 13.6. The van der Waals surface area contributed by atoms with Gasteiger partial charge in [-0.15, -0.1) is 0 Å². The van der Waals surface area contributed by atoms with Gasteiger partial charge in [0.2, 0.25) is 0 Å². The second-order valence-corrected chi connectivity index (χ2v) is 6.09. The molecule has 0 bridgehead atoms. The third-order valence-corrected chi connectivity index (χ3v) is 4.10. The van der Waals surface area contributed by atoms with Crippen molar-refractivity contribution >= 4 is 29.6 Å². The van der Waals surface area contributed by atoms with Crippen LogP contribution in [0, 0.1) is 6.92 Å². The fourth-order valence-electron chi connectivity index (χ4n) is 2.35. The van der Waals surface area contributed by atoms with Gasteiger partial charge in [0.25, 0.3) is 11.8 Å². The van der Waals surface area contributed by atoms with Crippen molar-refractivity contribution < 1.29 is 9.59 Å². The minimum absolute atomic E-state index is 0.231. The first-order valence-electron chi connectivity index (χ1n) is 8.38. The maximum atomic E-state index is 11.9. The third kappa shape index (κ3) is 4.60. The highest BCUT2D eigenvalue weighted by molar-refractivity contribution is 6.32. The molecule has 2 aromatic heterocycles. The average molecular weight is 397 g/mol. The van der Waals surface area contributed by atoms with E-state index in [1.807, 2.05) is 30.3 Å². The van der Waals surface area contributed by atoms with Crippen LogP contribution in [0.3, 0.4) is 0 Å². The van der Waals surface area contributed by atoms with Crippen molar-refractivity contribution in [3.63, 3.8) is 0 Å². The number of carbonyl (C=O) groups is 2. The molecule has 0 radical (unpaired) electrons. The standard InChI is InChI=1S/C19H17ClN6O2/c1-13-15(18(20)26(25-13)14-7-3-2-4-8-14)11-23-24-17(27)12-22-19(28)16-9-5-6-10-21-16/h2-11H,12H2,1H3,(H,22,28)(H,24,27). The van der Waals surface area contributed by atoms with E-state index in [0.29, 0.717) is 16.4 Å². The molecule has 0 aliphatic rings. The summed E-state index contributed by atoms with van der Waals surface area (Å²) in [4.78, 5) is 27.6. The molecule has 0 atom stereocenters. The normalized spacial score (nSPS) is 10.8. The number of hydrogen-bond acceptors (Lipinski definition) is 5. The molecular weight excluding hydrogens is 380 g/mol. The first-order valence-corrected chi connectivity index (χ1v) is 8.75. The molecule has 2 N–H and O–H groups in total.